The molecule has 0 radical (unpaired) electrons. The zero-order chi connectivity index (χ0) is 14.7. The monoisotopic (exact) mass is 314 g/mol. The summed E-state index contributed by atoms with van der Waals surface area (Å²) < 4.78 is 0. The third kappa shape index (κ3) is 3.58. The molecule has 0 spiro atoms. The minimum atomic E-state index is -0.0835. The van der Waals surface area contributed by atoms with Crippen molar-refractivity contribution in [3.05, 3.63) is 4.88 Å². The third-order valence-electron chi connectivity index (χ3n) is 3.53. The molecule has 0 aliphatic heterocycles. The van der Waals surface area contributed by atoms with Gasteiger partial charge in [0, 0.05) is 25.4 Å². The zero-order valence-corrected chi connectivity index (χ0v) is 13.8. The average Bonchev–Trinajstić information content (AvgIpc) is 2.81. The predicted octanol–water partition coefficient (Wildman–Crippen LogP) is 2.20. The Kier molecular flexibility index (Phi) is 5.15. The number of aromatic nitrogens is 1. The van der Waals surface area contributed by atoms with Crippen molar-refractivity contribution in [1.82, 2.24) is 10.3 Å². The second-order valence-electron chi connectivity index (χ2n) is 5.30. The number of carbonyl (C=O) groups excluding carboxylic acids is 1. The largest absolute Gasteiger partial charge is 0.382 e. The van der Waals surface area contributed by atoms with E-state index < -0.39 is 0 Å². The zero-order valence-electron chi connectivity index (χ0n) is 12.2. The molecule has 20 heavy (non-hydrogen) atoms. The minimum absolute atomic E-state index is 0.0835. The van der Waals surface area contributed by atoms with Crippen LogP contribution in [0.25, 0.3) is 0 Å². The van der Waals surface area contributed by atoms with Gasteiger partial charge < -0.3 is 16.0 Å². The van der Waals surface area contributed by atoms with Crippen LogP contribution >= 0.6 is 23.1 Å². The number of nitrogens with two attached hydrogens (primary N) is 1. The Morgan fingerprint density at radius 2 is 2.25 bits per heavy atom. The Morgan fingerprint density at radius 1 is 1.50 bits per heavy atom. The van der Waals surface area contributed by atoms with Gasteiger partial charge in [0.2, 0.25) is 0 Å². The molecule has 2 rings (SSSR count). The van der Waals surface area contributed by atoms with Crippen molar-refractivity contribution in [2.24, 2.45) is 0 Å². The van der Waals surface area contributed by atoms with Crippen molar-refractivity contribution in [1.29, 1.82) is 0 Å². The van der Waals surface area contributed by atoms with Crippen LogP contribution in [0.15, 0.2) is 0 Å². The summed E-state index contributed by atoms with van der Waals surface area (Å²) >= 11 is 3.23. The normalized spacial score (nSPS) is 22.6. The van der Waals surface area contributed by atoms with Crippen molar-refractivity contribution in [3.8, 4) is 0 Å². The van der Waals surface area contributed by atoms with Crippen LogP contribution in [0.4, 0.5) is 10.9 Å². The van der Waals surface area contributed by atoms with Crippen molar-refractivity contribution < 1.29 is 4.79 Å². The Morgan fingerprint density at radius 3 is 2.85 bits per heavy atom. The lowest BCUT2D eigenvalue weighted by Crippen LogP contribution is -2.39. The first-order valence-corrected chi connectivity index (χ1v) is 8.89. The van der Waals surface area contributed by atoms with Gasteiger partial charge in [-0.1, -0.05) is 17.8 Å². The van der Waals surface area contributed by atoms with Gasteiger partial charge in [-0.3, -0.25) is 4.79 Å². The fourth-order valence-corrected chi connectivity index (χ4v) is 4.05. The number of thiazole rings is 1. The van der Waals surface area contributed by atoms with E-state index in [0.29, 0.717) is 15.9 Å². The van der Waals surface area contributed by atoms with Crippen LogP contribution in [0.5, 0.6) is 0 Å². The molecular formula is C13H22N4OS2. The van der Waals surface area contributed by atoms with Crippen LogP contribution in [-0.2, 0) is 0 Å². The third-order valence-corrected chi connectivity index (χ3v) is 5.86. The van der Waals surface area contributed by atoms with E-state index in [0.717, 1.165) is 18.0 Å². The number of amides is 1. The van der Waals surface area contributed by atoms with Gasteiger partial charge >= 0.3 is 0 Å². The van der Waals surface area contributed by atoms with Crippen LogP contribution in [0.2, 0.25) is 0 Å². The first kappa shape index (κ1) is 15.4. The SMILES string of the molecule is CSC1CCCC(NC(=O)c2sc(N(C)C)nc2N)C1. The van der Waals surface area contributed by atoms with Crippen molar-refractivity contribution in [2.75, 3.05) is 31.0 Å². The quantitative estimate of drug-likeness (QED) is 0.891. The van der Waals surface area contributed by atoms with Crippen LogP contribution in [0.1, 0.15) is 35.4 Å². The fourth-order valence-electron chi connectivity index (χ4n) is 2.42. The van der Waals surface area contributed by atoms with Crippen molar-refractivity contribution in [3.63, 3.8) is 0 Å². The predicted molar refractivity (Wildman–Crippen MR) is 87.9 cm³/mol. The van der Waals surface area contributed by atoms with E-state index in [4.69, 9.17) is 5.73 Å². The highest BCUT2D eigenvalue weighted by molar-refractivity contribution is 7.99. The van der Waals surface area contributed by atoms with E-state index in [1.165, 1.54) is 24.2 Å². The number of rotatable bonds is 4. The highest BCUT2D eigenvalue weighted by Crippen LogP contribution is 2.29. The van der Waals surface area contributed by atoms with Gasteiger partial charge in [-0.25, -0.2) is 4.98 Å². The summed E-state index contributed by atoms with van der Waals surface area (Å²) in [6, 6.07) is 0.262. The standard InChI is InChI=1S/C13H22N4OS2/c1-17(2)13-16-11(14)10(20-13)12(18)15-8-5-4-6-9(7-8)19-3/h8-9H,4-7,14H2,1-3H3,(H,15,18). The van der Waals surface area contributed by atoms with E-state index in [1.807, 2.05) is 30.8 Å². The van der Waals surface area contributed by atoms with E-state index in [2.05, 4.69) is 16.6 Å². The van der Waals surface area contributed by atoms with Gasteiger partial charge in [0.25, 0.3) is 5.91 Å². The summed E-state index contributed by atoms with van der Waals surface area (Å²) in [4.78, 5) is 18.9. The fraction of sp³-hybridized carbons (Fsp3) is 0.692. The van der Waals surface area contributed by atoms with Gasteiger partial charge in [0.05, 0.1) is 0 Å². The molecule has 0 bridgehead atoms. The molecule has 1 aromatic rings. The van der Waals surface area contributed by atoms with Gasteiger partial charge in [0.15, 0.2) is 5.13 Å². The van der Waals surface area contributed by atoms with Gasteiger partial charge in [-0.05, 0) is 25.5 Å². The second-order valence-corrected chi connectivity index (χ2v) is 7.42. The van der Waals surface area contributed by atoms with E-state index in [-0.39, 0.29) is 11.9 Å². The molecule has 112 valence electrons. The van der Waals surface area contributed by atoms with Crippen LogP contribution in [0, 0.1) is 0 Å². The minimum Gasteiger partial charge on any atom is -0.382 e. The number of nitrogen functional groups attached to an aromatic ring is 1. The topological polar surface area (TPSA) is 71.2 Å². The summed E-state index contributed by atoms with van der Waals surface area (Å²) in [6.45, 7) is 0. The molecule has 1 saturated carbocycles. The second kappa shape index (κ2) is 6.67. The Hall–Kier alpha value is -0.950. The first-order valence-electron chi connectivity index (χ1n) is 6.78. The van der Waals surface area contributed by atoms with Crippen molar-refractivity contribution in [2.45, 2.75) is 37.0 Å². The Bertz CT molecular complexity index is 475. The maximum absolute atomic E-state index is 12.3. The van der Waals surface area contributed by atoms with Crippen LogP contribution in [-0.4, -0.2) is 42.5 Å². The van der Waals surface area contributed by atoms with Crippen LogP contribution < -0.4 is 16.0 Å². The molecular weight excluding hydrogens is 292 g/mol. The van der Waals surface area contributed by atoms with Gasteiger partial charge in [0.1, 0.15) is 10.7 Å². The molecule has 1 aliphatic carbocycles. The molecule has 1 amide bonds. The molecule has 1 aliphatic rings. The summed E-state index contributed by atoms with van der Waals surface area (Å²) in [5, 5.41) is 4.53. The molecule has 2 unspecified atom stereocenters. The Labute approximate surface area is 128 Å². The van der Waals surface area contributed by atoms with Crippen LogP contribution in [0.3, 0.4) is 0 Å². The number of nitrogens with zero attached hydrogens (tertiary/aromatic N) is 2. The molecule has 2 atom stereocenters. The number of carbonyl (C=O) groups is 1. The summed E-state index contributed by atoms with van der Waals surface area (Å²) in [6.07, 6.45) is 6.67. The number of hydrogen-bond donors (Lipinski definition) is 2. The highest BCUT2D eigenvalue weighted by atomic mass is 32.2. The molecule has 1 fully saturated rings. The molecule has 3 N–H and O–H groups in total. The number of hydrogen-bond acceptors (Lipinski definition) is 6. The number of thioether (sulfide) groups is 1. The van der Waals surface area contributed by atoms with Gasteiger partial charge in [-0.2, -0.15) is 11.8 Å². The molecule has 0 saturated heterocycles. The summed E-state index contributed by atoms with van der Waals surface area (Å²) in [5.41, 5.74) is 5.85. The summed E-state index contributed by atoms with van der Waals surface area (Å²) in [7, 11) is 3.79. The Balaban J connectivity index is 2.01. The maximum atomic E-state index is 12.3. The highest BCUT2D eigenvalue weighted by Gasteiger charge is 2.25. The molecule has 1 heterocycles. The molecule has 5 nitrogen and oxygen atoms in total. The molecule has 1 aromatic heterocycles. The lowest BCUT2D eigenvalue weighted by atomic mass is 9.95. The number of anilines is 2. The lowest BCUT2D eigenvalue weighted by molar-refractivity contribution is 0.0933. The average molecular weight is 314 g/mol. The smallest absolute Gasteiger partial charge is 0.265 e. The molecule has 7 heteroatoms. The summed E-state index contributed by atoms with van der Waals surface area (Å²) in [5.74, 6) is 0.244. The van der Waals surface area contributed by atoms with Gasteiger partial charge in [-0.15, -0.1) is 0 Å². The maximum Gasteiger partial charge on any atom is 0.265 e. The first-order chi connectivity index (χ1) is 9.51. The van der Waals surface area contributed by atoms with E-state index >= 15 is 0 Å². The van der Waals surface area contributed by atoms with E-state index in [1.54, 1.807) is 0 Å². The number of nitrogens with one attached hydrogen (secondary N) is 1. The lowest BCUT2D eigenvalue weighted by Gasteiger charge is -2.28. The molecule has 0 aromatic carbocycles. The van der Waals surface area contributed by atoms with Crippen molar-refractivity contribution >= 4 is 40.0 Å². The van der Waals surface area contributed by atoms with E-state index in [9.17, 15) is 4.79 Å².